The fourth-order valence-corrected chi connectivity index (χ4v) is 6.27. The van der Waals surface area contributed by atoms with Gasteiger partial charge in [-0.05, 0) is 80.7 Å². The van der Waals surface area contributed by atoms with Crippen molar-refractivity contribution in [1.29, 1.82) is 0 Å². The molecule has 33 heavy (non-hydrogen) atoms. The number of pyridine rings is 2. The molecular formula is C27H36ClN3O2. The smallest absolute Gasteiger partial charge is 0.171 e. The minimum atomic E-state index is 0.0556. The van der Waals surface area contributed by atoms with E-state index in [1.807, 2.05) is 12.3 Å². The van der Waals surface area contributed by atoms with Gasteiger partial charge in [0.1, 0.15) is 0 Å². The Labute approximate surface area is 202 Å². The maximum atomic E-state index is 6.42. The largest absolute Gasteiger partial charge is 0.494 e. The third kappa shape index (κ3) is 4.91. The molecule has 1 N–H and O–H groups in total. The molecule has 1 atom stereocenters. The van der Waals surface area contributed by atoms with Gasteiger partial charge in [0, 0.05) is 36.7 Å². The van der Waals surface area contributed by atoms with E-state index in [0.29, 0.717) is 10.9 Å². The number of rotatable bonds is 8. The van der Waals surface area contributed by atoms with Gasteiger partial charge in [0.2, 0.25) is 0 Å². The van der Waals surface area contributed by atoms with Crippen LogP contribution in [0, 0.1) is 0 Å². The summed E-state index contributed by atoms with van der Waals surface area (Å²) in [7, 11) is 1.62. The van der Waals surface area contributed by atoms with Crippen LogP contribution in [-0.2, 0) is 16.7 Å². The Morgan fingerprint density at radius 1 is 1.12 bits per heavy atom. The van der Waals surface area contributed by atoms with Crippen LogP contribution >= 0.6 is 11.6 Å². The van der Waals surface area contributed by atoms with Gasteiger partial charge in [-0.3, -0.25) is 4.98 Å². The number of aromatic nitrogens is 2. The van der Waals surface area contributed by atoms with E-state index in [0.717, 1.165) is 50.4 Å². The number of halogens is 1. The number of nitrogens with one attached hydrogen (secondary N) is 1. The quantitative estimate of drug-likeness (QED) is 0.382. The zero-order valence-electron chi connectivity index (χ0n) is 19.7. The molecule has 2 saturated carbocycles. The summed E-state index contributed by atoms with van der Waals surface area (Å²) in [5.41, 5.74) is 3.89. The highest BCUT2D eigenvalue weighted by atomic mass is 35.5. The third-order valence-corrected chi connectivity index (χ3v) is 8.55. The van der Waals surface area contributed by atoms with Gasteiger partial charge in [-0.25, -0.2) is 4.98 Å². The summed E-state index contributed by atoms with van der Waals surface area (Å²) in [5, 5.41) is 4.04. The molecule has 0 bridgehead atoms. The van der Waals surface area contributed by atoms with E-state index in [2.05, 4.69) is 28.6 Å². The summed E-state index contributed by atoms with van der Waals surface area (Å²) in [6, 6.07) is 6.64. The SMILES string of the molecule is COc1cc(CNCC[C@@]2(c3ccc(C4CCC4)cn3)CCOC3(CCCC3)C2)cnc1Cl. The zero-order valence-corrected chi connectivity index (χ0v) is 20.5. The molecular weight excluding hydrogens is 434 g/mol. The van der Waals surface area contributed by atoms with E-state index in [1.54, 1.807) is 7.11 Å². The third-order valence-electron chi connectivity index (χ3n) is 8.26. The minimum absolute atomic E-state index is 0.0556. The Kier molecular flexibility index (Phi) is 6.91. The monoisotopic (exact) mass is 469 g/mol. The molecule has 0 aromatic carbocycles. The Morgan fingerprint density at radius 2 is 1.97 bits per heavy atom. The molecule has 1 aliphatic heterocycles. The van der Waals surface area contributed by atoms with Crippen molar-refractivity contribution in [2.75, 3.05) is 20.3 Å². The minimum Gasteiger partial charge on any atom is -0.494 e. The second kappa shape index (κ2) is 9.89. The Hall–Kier alpha value is -1.69. The van der Waals surface area contributed by atoms with E-state index >= 15 is 0 Å². The number of hydrogen-bond donors (Lipinski definition) is 1. The van der Waals surface area contributed by atoms with Gasteiger partial charge in [0.25, 0.3) is 0 Å². The fourth-order valence-electron chi connectivity index (χ4n) is 6.09. The van der Waals surface area contributed by atoms with Crippen LogP contribution in [0.5, 0.6) is 5.75 Å². The summed E-state index contributed by atoms with van der Waals surface area (Å²) in [6.07, 6.45) is 16.1. The van der Waals surface area contributed by atoms with Gasteiger partial charge < -0.3 is 14.8 Å². The molecule has 6 heteroatoms. The highest BCUT2D eigenvalue weighted by Crippen LogP contribution is 2.50. The van der Waals surface area contributed by atoms with Crippen LogP contribution < -0.4 is 10.1 Å². The Balaban J connectivity index is 1.30. The number of hydrogen-bond acceptors (Lipinski definition) is 5. The van der Waals surface area contributed by atoms with Gasteiger partial charge in [-0.2, -0.15) is 0 Å². The molecule has 0 amide bonds. The maximum absolute atomic E-state index is 6.42. The average Bonchev–Trinajstić information content (AvgIpc) is 3.24. The number of nitrogens with zero attached hydrogens (tertiary/aromatic N) is 2. The lowest BCUT2D eigenvalue weighted by Gasteiger charge is -2.46. The number of methoxy groups -OCH3 is 1. The molecule has 5 nitrogen and oxygen atoms in total. The highest BCUT2D eigenvalue weighted by molar-refractivity contribution is 6.30. The zero-order chi connectivity index (χ0) is 22.7. The molecule has 0 radical (unpaired) electrons. The van der Waals surface area contributed by atoms with E-state index in [-0.39, 0.29) is 11.0 Å². The van der Waals surface area contributed by atoms with E-state index in [9.17, 15) is 0 Å². The summed E-state index contributed by atoms with van der Waals surface area (Å²) in [4.78, 5) is 9.31. The lowest BCUT2D eigenvalue weighted by molar-refractivity contribution is -0.104. The van der Waals surface area contributed by atoms with E-state index in [4.69, 9.17) is 26.1 Å². The summed E-state index contributed by atoms with van der Waals surface area (Å²) < 4.78 is 11.7. The van der Waals surface area contributed by atoms with Crippen LogP contribution in [0.4, 0.5) is 0 Å². The summed E-state index contributed by atoms with van der Waals surface area (Å²) >= 11 is 6.07. The molecule has 1 spiro atoms. The molecule has 178 valence electrons. The van der Waals surface area contributed by atoms with Crippen molar-refractivity contribution in [3.8, 4) is 5.75 Å². The van der Waals surface area contributed by atoms with Gasteiger partial charge in [-0.15, -0.1) is 0 Å². The first-order chi connectivity index (χ1) is 16.1. The van der Waals surface area contributed by atoms with E-state index < -0.39 is 0 Å². The first kappa shape index (κ1) is 23.1. The molecule has 0 unspecified atom stereocenters. The highest BCUT2D eigenvalue weighted by Gasteiger charge is 2.48. The molecule has 3 aliphatic rings. The van der Waals surface area contributed by atoms with Crippen LogP contribution in [0.15, 0.2) is 30.6 Å². The lowest BCUT2D eigenvalue weighted by Crippen LogP contribution is -2.47. The standard InChI is InChI=1S/C27H36ClN3O2/c1-32-23-15-20(17-31-25(23)28)16-29-13-11-26(12-14-33-27(19-26)9-2-3-10-27)24-8-7-22(18-30-24)21-5-4-6-21/h7-8,15,17-18,21,29H,2-6,9-14,16,19H2,1H3/t26-/m1/s1. The van der Waals surface area contributed by atoms with Crippen molar-refractivity contribution in [2.45, 2.75) is 87.7 Å². The van der Waals surface area contributed by atoms with Gasteiger partial charge in [0.15, 0.2) is 10.9 Å². The predicted molar refractivity (Wildman–Crippen MR) is 131 cm³/mol. The lowest BCUT2D eigenvalue weighted by atomic mass is 9.67. The fraction of sp³-hybridized carbons (Fsp3) is 0.630. The van der Waals surface area contributed by atoms with Crippen molar-refractivity contribution in [3.05, 3.63) is 52.6 Å². The van der Waals surface area contributed by atoms with Crippen molar-refractivity contribution < 1.29 is 9.47 Å². The molecule has 1 saturated heterocycles. The Bertz CT molecular complexity index is 941. The second-order valence-electron chi connectivity index (χ2n) is 10.3. The van der Waals surface area contributed by atoms with Crippen molar-refractivity contribution in [2.24, 2.45) is 0 Å². The summed E-state index contributed by atoms with van der Waals surface area (Å²) in [5.74, 6) is 1.35. The molecule has 2 aromatic heterocycles. The number of ether oxygens (including phenoxy) is 2. The molecule has 2 aliphatic carbocycles. The average molecular weight is 470 g/mol. The van der Waals surface area contributed by atoms with Crippen LogP contribution in [-0.4, -0.2) is 35.8 Å². The van der Waals surface area contributed by atoms with Crippen LogP contribution in [0.3, 0.4) is 0 Å². The van der Waals surface area contributed by atoms with Crippen molar-refractivity contribution in [1.82, 2.24) is 15.3 Å². The first-order valence-electron chi connectivity index (χ1n) is 12.6. The van der Waals surface area contributed by atoms with Crippen LogP contribution in [0.1, 0.15) is 86.9 Å². The predicted octanol–water partition coefficient (Wildman–Crippen LogP) is 5.95. The van der Waals surface area contributed by atoms with E-state index in [1.165, 1.54) is 56.2 Å². The van der Waals surface area contributed by atoms with Gasteiger partial charge in [-0.1, -0.05) is 36.9 Å². The molecule has 2 aromatic rings. The topological polar surface area (TPSA) is 56.3 Å². The molecule has 5 rings (SSSR count). The second-order valence-corrected chi connectivity index (χ2v) is 10.7. The Morgan fingerprint density at radius 3 is 2.67 bits per heavy atom. The van der Waals surface area contributed by atoms with Crippen LogP contribution in [0.2, 0.25) is 5.15 Å². The van der Waals surface area contributed by atoms with Crippen LogP contribution in [0.25, 0.3) is 0 Å². The van der Waals surface area contributed by atoms with Gasteiger partial charge >= 0.3 is 0 Å². The maximum Gasteiger partial charge on any atom is 0.171 e. The van der Waals surface area contributed by atoms with Crippen molar-refractivity contribution >= 4 is 11.6 Å². The van der Waals surface area contributed by atoms with Crippen molar-refractivity contribution in [3.63, 3.8) is 0 Å². The molecule has 3 heterocycles. The normalized spacial score (nSPS) is 24.7. The van der Waals surface area contributed by atoms with Gasteiger partial charge in [0.05, 0.1) is 12.7 Å². The first-order valence-corrected chi connectivity index (χ1v) is 13.0. The summed E-state index contributed by atoms with van der Waals surface area (Å²) in [6.45, 7) is 2.50. The molecule has 3 fully saturated rings.